The van der Waals surface area contributed by atoms with Crippen LogP contribution in [0.2, 0.25) is 0 Å². The van der Waals surface area contributed by atoms with Crippen molar-refractivity contribution < 1.29 is 23.3 Å². The molecule has 90 valence electrons. The maximum absolute atomic E-state index is 11.7. The van der Waals surface area contributed by atoms with Gasteiger partial charge in [0.05, 0.1) is 13.2 Å². The molecule has 2 rings (SSSR count). The summed E-state index contributed by atoms with van der Waals surface area (Å²) in [5.74, 6) is 0. The lowest BCUT2D eigenvalue weighted by Gasteiger charge is -2.30. The number of rotatable bonds is 4. The van der Waals surface area contributed by atoms with Gasteiger partial charge < -0.3 is 18.7 Å². The van der Waals surface area contributed by atoms with Gasteiger partial charge in [-0.2, -0.15) is 0 Å². The quantitative estimate of drug-likeness (QED) is 0.524. The van der Waals surface area contributed by atoms with Crippen molar-refractivity contribution in [2.24, 2.45) is 0 Å². The fraction of sp³-hybridized carbons (Fsp3) is 1.00. The highest BCUT2D eigenvalue weighted by atomic mass is 31.2. The van der Waals surface area contributed by atoms with Crippen LogP contribution in [0, 0.1) is 0 Å². The molecule has 0 aromatic heterocycles. The minimum atomic E-state index is -2.61. The minimum Gasteiger partial charge on any atom is -0.381 e. The lowest BCUT2D eigenvalue weighted by atomic mass is 9.92. The second-order valence-electron chi connectivity index (χ2n) is 4.63. The zero-order chi connectivity index (χ0) is 12.0. The predicted molar refractivity (Wildman–Crippen MR) is 59.3 cm³/mol. The molecule has 0 aromatic carbocycles. The predicted octanol–water partition coefficient (Wildman–Crippen LogP) is 0.218. The molecule has 2 bridgehead atoms. The average molecular weight is 246 g/mol. The molecule has 2 heterocycles. The molecule has 0 N–H and O–H groups in total. The van der Waals surface area contributed by atoms with E-state index >= 15 is 0 Å². The SMILES string of the molecule is [B][C@@H]1O[C@]2(COC)CO[C@H]1C2OP(C)(C)=O. The first-order valence-corrected chi connectivity index (χ1v) is 7.67. The Labute approximate surface area is 96.6 Å². The van der Waals surface area contributed by atoms with Gasteiger partial charge in [-0.3, -0.25) is 4.57 Å². The number of fused-ring (bicyclic) bond motifs is 2. The summed E-state index contributed by atoms with van der Waals surface area (Å²) in [5.41, 5.74) is -0.708. The summed E-state index contributed by atoms with van der Waals surface area (Å²) >= 11 is 0. The van der Waals surface area contributed by atoms with Gasteiger partial charge in [0, 0.05) is 26.4 Å². The largest absolute Gasteiger partial charge is 0.381 e. The third kappa shape index (κ3) is 2.09. The second-order valence-corrected chi connectivity index (χ2v) is 7.35. The van der Waals surface area contributed by atoms with E-state index in [9.17, 15) is 4.57 Å². The van der Waals surface area contributed by atoms with Crippen molar-refractivity contribution in [1.29, 1.82) is 0 Å². The molecule has 0 amide bonds. The second kappa shape index (κ2) is 4.11. The van der Waals surface area contributed by atoms with E-state index in [-0.39, 0.29) is 6.10 Å². The Morgan fingerprint density at radius 1 is 1.56 bits per heavy atom. The Hall–Kier alpha value is 0.135. The van der Waals surface area contributed by atoms with Gasteiger partial charge in [0.15, 0.2) is 7.37 Å². The Morgan fingerprint density at radius 3 is 2.75 bits per heavy atom. The van der Waals surface area contributed by atoms with Crippen LogP contribution in [-0.2, 0) is 23.3 Å². The van der Waals surface area contributed by atoms with Crippen LogP contribution < -0.4 is 0 Å². The van der Waals surface area contributed by atoms with E-state index < -0.39 is 25.1 Å². The van der Waals surface area contributed by atoms with Gasteiger partial charge in [0.1, 0.15) is 25.7 Å². The number of methoxy groups -OCH3 is 1. The number of hydrogen-bond donors (Lipinski definition) is 0. The first-order chi connectivity index (χ1) is 7.38. The highest BCUT2D eigenvalue weighted by Crippen LogP contribution is 2.49. The van der Waals surface area contributed by atoms with Crippen LogP contribution in [0.1, 0.15) is 0 Å². The van der Waals surface area contributed by atoms with Gasteiger partial charge in [-0.1, -0.05) is 0 Å². The van der Waals surface area contributed by atoms with Gasteiger partial charge >= 0.3 is 0 Å². The van der Waals surface area contributed by atoms with Crippen LogP contribution in [0.5, 0.6) is 0 Å². The van der Waals surface area contributed by atoms with Crippen LogP contribution in [-0.4, -0.2) is 65.3 Å². The lowest BCUT2D eigenvalue weighted by Crippen LogP contribution is -2.45. The van der Waals surface area contributed by atoms with Crippen LogP contribution in [0.15, 0.2) is 0 Å². The molecule has 0 saturated carbocycles. The van der Waals surface area contributed by atoms with E-state index in [1.165, 1.54) is 0 Å². The highest BCUT2D eigenvalue weighted by Gasteiger charge is 2.61. The third-order valence-electron chi connectivity index (χ3n) is 2.79. The summed E-state index contributed by atoms with van der Waals surface area (Å²) in [6.45, 7) is 3.82. The van der Waals surface area contributed by atoms with Crippen LogP contribution >= 0.6 is 7.37 Å². The van der Waals surface area contributed by atoms with Crippen molar-refractivity contribution in [3.8, 4) is 0 Å². The van der Waals surface area contributed by atoms with E-state index in [2.05, 4.69) is 0 Å². The smallest absolute Gasteiger partial charge is 0.197 e. The van der Waals surface area contributed by atoms with E-state index in [1.54, 1.807) is 20.4 Å². The number of ether oxygens (including phenoxy) is 3. The van der Waals surface area contributed by atoms with Crippen molar-refractivity contribution in [3.05, 3.63) is 0 Å². The molecular weight excluding hydrogens is 230 g/mol. The molecule has 0 aromatic rings. The van der Waals surface area contributed by atoms with Crippen LogP contribution in [0.4, 0.5) is 0 Å². The topological polar surface area (TPSA) is 54.0 Å². The normalized spacial score (nSPS) is 42.8. The maximum Gasteiger partial charge on any atom is 0.197 e. The molecule has 2 fully saturated rings. The molecular formula is C9H16BO5P. The molecule has 0 aliphatic carbocycles. The Bertz CT molecular complexity index is 319. The Balaban J connectivity index is 2.19. The monoisotopic (exact) mass is 246 g/mol. The van der Waals surface area contributed by atoms with Gasteiger partial charge in [-0.15, -0.1) is 0 Å². The summed E-state index contributed by atoms with van der Waals surface area (Å²) in [6.07, 6.45) is -0.772. The van der Waals surface area contributed by atoms with Crippen molar-refractivity contribution in [2.75, 3.05) is 33.7 Å². The minimum absolute atomic E-state index is 0.321. The average Bonchev–Trinajstić information content (AvgIpc) is 2.54. The molecule has 16 heavy (non-hydrogen) atoms. The number of hydrogen-bond acceptors (Lipinski definition) is 5. The lowest BCUT2D eigenvalue weighted by molar-refractivity contribution is -0.140. The molecule has 1 unspecified atom stereocenters. The van der Waals surface area contributed by atoms with Crippen molar-refractivity contribution in [3.63, 3.8) is 0 Å². The molecule has 2 aliphatic rings. The highest BCUT2D eigenvalue weighted by molar-refractivity contribution is 7.57. The Kier molecular flexibility index (Phi) is 3.23. The van der Waals surface area contributed by atoms with Crippen LogP contribution in [0.25, 0.3) is 0 Å². The van der Waals surface area contributed by atoms with E-state index in [0.717, 1.165) is 0 Å². The third-order valence-corrected chi connectivity index (χ3v) is 3.52. The summed E-state index contributed by atoms with van der Waals surface area (Å²) in [4.78, 5) is 0. The van der Waals surface area contributed by atoms with Crippen molar-refractivity contribution in [2.45, 2.75) is 23.8 Å². The zero-order valence-corrected chi connectivity index (χ0v) is 10.6. The van der Waals surface area contributed by atoms with Gasteiger partial charge in [0.25, 0.3) is 0 Å². The first-order valence-electron chi connectivity index (χ1n) is 5.15. The molecule has 4 atom stereocenters. The fourth-order valence-corrected chi connectivity index (χ4v) is 3.10. The van der Waals surface area contributed by atoms with E-state index in [1.807, 2.05) is 0 Å². The molecule has 2 radical (unpaired) electrons. The van der Waals surface area contributed by atoms with Crippen molar-refractivity contribution in [1.82, 2.24) is 0 Å². The fourth-order valence-electron chi connectivity index (χ4n) is 2.24. The summed E-state index contributed by atoms with van der Waals surface area (Å²) in [6, 6.07) is -0.541. The molecule has 7 heteroatoms. The first kappa shape index (κ1) is 12.6. The zero-order valence-electron chi connectivity index (χ0n) is 9.71. The van der Waals surface area contributed by atoms with E-state index in [0.29, 0.717) is 13.2 Å². The maximum atomic E-state index is 11.7. The van der Waals surface area contributed by atoms with Gasteiger partial charge in [-0.25, -0.2) is 0 Å². The van der Waals surface area contributed by atoms with Crippen LogP contribution in [0.3, 0.4) is 0 Å². The van der Waals surface area contributed by atoms with E-state index in [4.69, 9.17) is 26.6 Å². The molecule has 2 aliphatic heterocycles. The molecule has 5 nitrogen and oxygen atoms in total. The standard InChI is InChI=1S/C9H16BO5P/c1-12-4-9-5-13-6(8(10)14-9)7(9)15-16(2,3)11/h6-8H,4-5H2,1-3H3/t6-,7?,8+,9+/m0/s1. The molecule has 0 spiro atoms. The summed E-state index contributed by atoms with van der Waals surface area (Å²) in [5, 5.41) is 0. The summed E-state index contributed by atoms with van der Waals surface area (Å²) < 4.78 is 33.5. The Morgan fingerprint density at radius 2 is 2.25 bits per heavy atom. The molecule has 2 saturated heterocycles. The van der Waals surface area contributed by atoms with Gasteiger partial charge in [0.2, 0.25) is 0 Å². The summed E-state index contributed by atoms with van der Waals surface area (Å²) in [7, 11) is 4.73. The van der Waals surface area contributed by atoms with Crippen molar-refractivity contribution >= 4 is 15.2 Å². The van der Waals surface area contributed by atoms with Gasteiger partial charge in [-0.05, 0) is 0 Å².